The lowest BCUT2D eigenvalue weighted by atomic mass is 9.85. The maximum absolute atomic E-state index is 14.4. The minimum Gasteiger partial charge on any atom is -0.483 e. The molecule has 6 rings (SSSR count). The number of amides is 1. The number of carbonyl (C=O) groups excluding carboxylic acids is 3. The van der Waals surface area contributed by atoms with Crippen molar-refractivity contribution in [2.75, 3.05) is 6.54 Å². The number of Topliss-reactive ketones (excluding diaryl/α,β-unsaturated/α-hetero) is 1. The molecule has 1 aromatic heterocycles. The number of hydrogen-bond donors (Lipinski definition) is 1. The molecule has 248 valence electrons. The molecule has 1 spiro atoms. The largest absolute Gasteiger partial charge is 0.483 e. The van der Waals surface area contributed by atoms with Crippen molar-refractivity contribution in [3.63, 3.8) is 0 Å². The Kier molecular flexibility index (Phi) is 9.35. The molecule has 1 saturated heterocycles. The zero-order valence-corrected chi connectivity index (χ0v) is 26.5. The first kappa shape index (κ1) is 33.6. The van der Waals surface area contributed by atoms with E-state index in [-0.39, 0.29) is 50.8 Å². The van der Waals surface area contributed by atoms with Crippen molar-refractivity contribution in [1.82, 2.24) is 9.88 Å². The Morgan fingerprint density at radius 1 is 1.13 bits per heavy atom. The number of fused-ring (bicyclic) bond motifs is 5. The van der Waals surface area contributed by atoms with Crippen LogP contribution >= 0.6 is 0 Å². The second-order valence-corrected chi connectivity index (χ2v) is 14.6. The summed E-state index contributed by atoms with van der Waals surface area (Å²) in [5, 5.41) is 11.2. The van der Waals surface area contributed by atoms with Crippen LogP contribution in [0.3, 0.4) is 0 Å². The maximum Gasteiger partial charge on any atom is 0.310 e. The van der Waals surface area contributed by atoms with Crippen LogP contribution in [0.4, 0.5) is 0 Å². The van der Waals surface area contributed by atoms with Gasteiger partial charge in [0.1, 0.15) is 17.0 Å². The smallest absolute Gasteiger partial charge is 0.310 e. The quantitative estimate of drug-likeness (QED) is 0.302. The lowest BCUT2D eigenvalue weighted by Gasteiger charge is -2.36. The lowest BCUT2D eigenvalue weighted by Crippen LogP contribution is -2.47. The van der Waals surface area contributed by atoms with Crippen LogP contribution in [0.5, 0.6) is 5.75 Å². The second-order valence-electron chi connectivity index (χ2n) is 14.6. The molecule has 2 fully saturated rings. The van der Waals surface area contributed by atoms with Gasteiger partial charge in [0.25, 0.3) is 0 Å². The van der Waals surface area contributed by atoms with E-state index in [1.54, 1.807) is 31.9 Å². The summed E-state index contributed by atoms with van der Waals surface area (Å²) in [5.41, 5.74) is -0.688. The Morgan fingerprint density at radius 3 is 2.67 bits per heavy atom. The molecule has 1 amide bonds. The van der Waals surface area contributed by atoms with Gasteiger partial charge in [0.05, 0.1) is 36.1 Å². The molecule has 4 heterocycles. The van der Waals surface area contributed by atoms with Crippen molar-refractivity contribution in [2.45, 2.75) is 116 Å². The van der Waals surface area contributed by atoms with E-state index in [0.717, 1.165) is 42.1 Å². The number of ether oxygens (including phenoxy) is 2. The number of carboxylic acids is 1. The number of nitrogens with zero attached hydrogens (tertiary/aromatic N) is 2. The number of rotatable bonds is 3. The highest BCUT2D eigenvalue weighted by molar-refractivity contribution is 5.95. The highest BCUT2D eigenvalue weighted by Gasteiger charge is 2.62. The molecule has 9 nitrogen and oxygen atoms in total. The highest BCUT2D eigenvalue weighted by atomic mass is 16.6. The molecule has 46 heavy (non-hydrogen) atoms. The monoisotopic (exact) mass is 632 g/mol. The number of aryl methyl sites for hydroxylation is 1. The molecule has 1 N–H and O–H groups in total. The summed E-state index contributed by atoms with van der Waals surface area (Å²) in [6.07, 6.45) is 11.4. The summed E-state index contributed by atoms with van der Waals surface area (Å²) in [6.45, 7) is 5.60. The van der Waals surface area contributed by atoms with Crippen LogP contribution in [0, 0.1) is 17.3 Å². The fraction of sp³-hybridized carbons (Fsp3) is 0.595. The fourth-order valence-corrected chi connectivity index (χ4v) is 7.65. The van der Waals surface area contributed by atoms with Crippen LogP contribution in [0.1, 0.15) is 98.0 Å². The van der Waals surface area contributed by atoms with Crippen LogP contribution in [-0.2, 0) is 30.3 Å². The number of hydrogen-bond acceptors (Lipinski definition) is 7. The summed E-state index contributed by atoms with van der Waals surface area (Å²) in [6, 6.07) is 7.08. The highest BCUT2D eigenvalue weighted by Crippen LogP contribution is 2.57. The first-order chi connectivity index (χ1) is 21.4. The van der Waals surface area contributed by atoms with Crippen molar-refractivity contribution in [1.29, 1.82) is 0 Å². The summed E-state index contributed by atoms with van der Waals surface area (Å²) in [5.74, 6) is -2.10. The van der Waals surface area contributed by atoms with Gasteiger partial charge in [-0.1, -0.05) is 50.6 Å². The van der Waals surface area contributed by atoms with Crippen molar-refractivity contribution >= 4 is 34.5 Å². The third-order valence-electron chi connectivity index (χ3n) is 10.1. The number of aliphatic carboxylic acids is 1. The van der Waals surface area contributed by atoms with Crippen molar-refractivity contribution < 1.29 is 33.8 Å². The molecule has 9 heteroatoms. The van der Waals surface area contributed by atoms with Gasteiger partial charge in [-0.25, -0.2) is 0 Å². The third-order valence-corrected chi connectivity index (χ3v) is 10.1. The molecular weight excluding hydrogens is 584 g/mol. The Bertz CT molecular complexity index is 1540. The van der Waals surface area contributed by atoms with E-state index < -0.39 is 40.5 Å². The van der Waals surface area contributed by atoms with Gasteiger partial charge in [-0.15, -0.1) is 0 Å². The number of allylic oxidation sites excluding steroid dienone is 2. The Morgan fingerprint density at radius 2 is 1.91 bits per heavy atom. The first-order valence-electron chi connectivity index (χ1n) is 16.4. The second kappa shape index (κ2) is 12.8. The average Bonchev–Trinajstić information content (AvgIpc) is 3.56. The average molecular weight is 633 g/mol. The molecule has 1 aliphatic carbocycles. The number of carboxylic acid groups (broad SMARTS) is 1. The number of benzene rings is 1. The topological polar surface area (TPSA) is 123 Å². The van der Waals surface area contributed by atoms with Gasteiger partial charge >= 0.3 is 11.9 Å². The number of esters is 1. The first-order valence-corrected chi connectivity index (χ1v) is 16.4. The van der Waals surface area contributed by atoms with Crippen molar-refractivity contribution in [3.8, 4) is 5.75 Å². The zero-order chi connectivity index (χ0) is 32.0. The standard InChI is InChI=1S/C36H44N2O7.CH4/c1-34(2,3)45-31(40)17-23-11-7-5-4-6-8-12-24-18-36(24,33(42)43)20-29(39)28-19-35(22-38(28)32(23)41)16-15-26-25-13-9-10-14-27(25)37-21-30(26)44-35;/h8-10,12-14,21,23-24,28H,4-7,11,15-20,22H2,1-3H3,(H,42,43);1H4/b12-8-;/t23-,24-,28+,35-,36-;/m1./s1. The van der Waals surface area contributed by atoms with Gasteiger partial charge in [-0.05, 0) is 71.3 Å². The number of carbonyl (C=O) groups is 4. The molecule has 3 aliphatic heterocycles. The van der Waals surface area contributed by atoms with Crippen LogP contribution in [0.2, 0.25) is 0 Å². The number of ketones is 1. The SMILES string of the molecule is C.CC(C)(C)OC(=O)C[C@H]1CCCCC/C=C\[C@@H]2C[C@@]2(C(=O)O)CC(=O)[C@@H]2C[C@]3(CCc4c(cnc5ccccc45)O3)CN2C1=O. The number of para-hydroxylation sites is 1. The molecular formula is C37H48N2O7. The van der Waals surface area contributed by atoms with E-state index in [2.05, 4.69) is 4.98 Å². The van der Waals surface area contributed by atoms with E-state index >= 15 is 0 Å². The summed E-state index contributed by atoms with van der Waals surface area (Å²) in [7, 11) is 0. The van der Waals surface area contributed by atoms with Crippen LogP contribution in [0.15, 0.2) is 42.6 Å². The lowest BCUT2D eigenvalue weighted by molar-refractivity contribution is -0.159. The third kappa shape index (κ3) is 6.69. The predicted molar refractivity (Wildman–Crippen MR) is 174 cm³/mol. The van der Waals surface area contributed by atoms with Crippen LogP contribution < -0.4 is 4.74 Å². The molecule has 0 radical (unpaired) electrons. The van der Waals surface area contributed by atoms with Gasteiger partial charge in [0, 0.05) is 29.7 Å². The van der Waals surface area contributed by atoms with Crippen LogP contribution in [-0.4, -0.2) is 62.4 Å². The van der Waals surface area contributed by atoms with Crippen LogP contribution in [0.25, 0.3) is 10.9 Å². The van der Waals surface area contributed by atoms with Gasteiger partial charge in [0.15, 0.2) is 5.78 Å². The van der Waals surface area contributed by atoms with Gasteiger partial charge in [0.2, 0.25) is 5.91 Å². The maximum atomic E-state index is 14.4. The normalized spacial score (nSPS) is 30.5. The molecule has 2 aromatic rings. The fourth-order valence-electron chi connectivity index (χ4n) is 7.65. The van der Waals surface area contributed by atoms with E-state index in [1.807, 2.05) is 36.4 Å². The summed E-state index contributed by atoms with van der Waals surface area (Å²) < 4.78 is 12.3. The minimum atomic E-state index is -1.14. The van der Waals surface area contributed by atoms with Crippen molar-refractivity contribution in [3.05, 3.63) is 48.2 Å². The van der Waals surface area contributed by atoms with E-state index in [4.69, 9.17) is 9.47 Å². The predicted octanol–water partition coefficient (Wildman–Crippen LogP) is 6.45. The molecule has 0 bridgehead atoms. The van der Waals surface area contributed by atoms with Gasteiger partial charge in [-0.2, -0.15) is 0 Å². The summed E-state index contributed by atoms with van der Waals surface area (Å²) in [4.78, 5) is 60.3. The number of aromatic nitrogens is 1. The Balaban J connectivity index is 0.00000417. The molecule has 1 aromatic carbocycles. The number of pyridine rings is 1. The molecule has 4 aliphatic rings. The Hall–Kier alpha value is -3.75. The summed E-state index contributed by atoms with van der Waals surface area (Å²) >= 11 is 0. The van der Waals surface area contributed by atoms with Gasteiger partial charge in [-0.3, -0.25) is 24.2 Å². The van der Waals surface area contributed by atoms with E-state index in [1.165, 1.54) is 0 Å². The molecule has 1 saturated carbocycles. The molecule has 5 atom stereocenters. The van der Waals surface area contributed by atoms with E-state index in [0.29, 0.717) is 31.4 Å². The van der Waals surface area contributed by atoms with Crippen molar-refractivity contribution in [2.24, 2.45) is 17.3 Å². The molecule has 0 unspecified atom stereocenters. The van der Waals surface area contributed by atoms with Gasteiger partial charge < -0.3 is 19.5 Å². The minimum absolute atomic E-state index is 0. The van der Waals surface area contributed by atoms with E-state index in [9.17, 15) is 24.3 Å². The zero-order valence-electron chi connectivity index (χ0n) is 26.5. The Labute approximate surface area is 271 Å².